The van der Waals surface area contributed by atoms with Gasteiger partial charge in [0.05, 0.1) is 17.0 Å². The summed E-state index contributed by atoms with van der Waals surface area (Å²) in [7, 11) is -7.29. The van der Waals surface area contributed by atoms with E-state index in [1.807, 2.05) is 24.3 Å². The molecule has 32 heavy (non-hydrogen) atoms. The molecule has 5 nitrogen and oxygen atoms in total. The summed E-state index contributed by atoms with van der Waals surface area (Å²) in [5.74, 6) is 0. The number of unbranched alkanes of at least 4 members (excludes halogenated alkanes) is 3. The third-order valence-corrected chi connectivity index (χ3v) is 14.3. The minimum absolute atomic E-state index is 0.191. The van der Waals surface area contributed by atoms with Crippen LogP contribution in [0.3, 0.4) is 0 Å². The van der Waals surface area contributed by atoms with Crippen molar-refractivity contribution in [1.29, 1.82) is 0 Å². The lowest BCUT2D eigenvalue weighted by Gasteiger charge is -2.31. The lowest BCUT2D eigenvalue weighted by Crippen LogP contribution is -2.44. The summed E-state index contributed by atoms with van der Waals surface area (Å²) in [5.41, 5.74) is 0.551. The highest BCUT2D eigenvalue weighted by Crippen LogP contribution is 2.55. The average Bonchev–Trinajstić information content (AvgIpc) is 2.77. The van der Waals surface area contributed by atoms with Crippen molar-refractivity contribution in [3.05, 3.63) is 36.4 Å². The van der Waals surface area contributed by atoms with Crippen LogP contribution in [-0.2, 0) is 21.0 Å². The highest BCUT2D eigenvalue weighted by atomic mass is 32.3. The van der Waals surface area contributed by atoms with Crippen molar-refractivity contribution >= 4 is 33.8 Å². The fraction of sp³-hybridized carbons (Fsp3) is 0.667. The highest BCUT2D eigenvalue weighted by Gasteiger charge is 2.38. The number of nitrogens with zero attached hydrogens (tertiary/aromatic N) is 2. The molecule has 0 fully saturated rings. The molecule has 0 amide bonds. The van der Waals surface area contributed by atoms with Crippen LogP contribution in [0.5, 0.6) is 0 Å². The zero-order valence-corrected chi connectivity index (χ0v) is 22.9. The van der Waals surface area contributed by atoms with Gasteiger partial charge in [-0.25, -0.2) is 12.6 Å². The zero-order chi connectivity index (χ0) is 23.8. The van der Waals surface area contributed by atoms with Crippen molar-refractivity contribution in [1.82, 2.24) is 3.71 Å². The van der Waals surface area contributed by atoms with Crippen LogP contribution in [0.25, 0.3) is 0 Å². The molecule has 0 aliphatic carbocycles. The van der Waals surface area contributed by atoms with Gasteiger partial charge in [0.25, 0.3) is 10.0 Å². The second kappa shape index (κ2) is 12.6. The van der Waals surface area contributed by atoms with Crippen LogP contribution in [0, 0.1) is 0 Å². The Morgan fingerprint density at radius 3 is 2.00 bits per heavy atom. The first-order valence-electron chi connectivity index (χ1n) is 12.0. The Kier molecular flexibility index (Phi) is 10.9. The summed E-state index contributed by atoms with van der Waals surface area (Å²) in [6.45, 7) is 10.2. The minimum Gasteiger partial charge on any atom is -0.266 e. The van der Waals surface area contributed by atoms with Gasteiger partial charge in [-0.05, 0) is 70.8 Å². The maximum Gasteiger partial charge on any atom is 0.256 e. The Labute approximate surface area is 198 Å². The SMILES string of the molecule is CCCCP(CCCC)(CCCC)=Nc1ccccc1S(=O)(=O)N1C(C)C=CC(C)S1=O. The molecule has 3 atom stereocenters. The Bertz CT molecular complexity index is 931. The smallest absolute Gasteiger partial charge is 0.256 e. The number of hydrogen-bond acceptors (Lipinski definition) is 4. The van der Waals surface area contributed by atoms with Crippen molar-refractivity contribution in [2.24, 2.45) is 4.74 Å². The fourth-order valence-corrected chi connectivity index (χ4v) is 12.1. The van der Waals surface area contributed by atoms with Crippen LogP contribution in [0.2, 0.25) is 0 Å². The van der Waals surface area contributed by atoms with E-state index >= 15 is 0 Å². The van der Waals surface area contributed by atoms with Gasteiger partial charge in [0.1, 0.15) is 15.9 Å². The summed E-state index contributed by atoms with van der Waals surface area (Å²) < 4.78 is 47.0. The number of benzene rings is 1. The summed E-state index contributed by atoms with van der Waals surface area (Å²) in [4.78, 5) is 0.191. The molecule has 8 heteroatoms. The molecule has 1 aliphatic heterocycles. The first-order chi connectivity index (χ1) is 15.2. The summed E-state index contributed by atoms with van der Waals surface area (Å²) in [5, 5.41) is -0.338. The van der Waals surface area contributed by atoms with E-state index in [9.17, 15) is 12.6 Å². The molecule has 1 aromatic carbocycles. The van der Waals surface area contributed by atoms with Gasteiger partial charge in [-0.3, -0.25) is 4.74 Å². The van der Waals surface area contributed by atoms with Gasteiger partial charge >= 0.3 is 0 Å². The second-order valence-electron chi connectivity index (χ2n) is 8.76. The van der Waals surface area contributed by atoms with E-state index in [2.05, 4.69) is 20.8 Å². The molecule has 3 unspecified atom stereocenters. The van der Waals surface area contributed by atoms with Gasteiger partial charge in [-0.15, -0.1) is 3.71 Å². The second-order valence-corrected chi connectivity index (χ2v) is 16.2. The number of sulfonamides is 1. The molecular weight excluding hydrogens is 459 g/mol. The quantitative estimate of drug-likeness (QED) is 0.231. The van der Waals surface area contributed by atoms with Gasteiger partial charge in [0.2, 0.25) is 0 Å². The molecule has 1 heterocycles. The van der Waals surface area contributed by atoms with Crippen LogP contribution in [0.1, 0.15) is 73.1 Å². The molecule has 0 saturated heterocycles. The lowest BCUT2D eigenvalue weighted by atomic mass is 10.3. The van der Waals surface area contributed by atoms with Crippen LogP contribution >= 0.6 is 7.05 Å². The van der Waals surface area contributed by atoms with Crippen molar-refractivity contribution in [3.8, 4) is 0 Å². The lowest BCUT2D eigenvalue weighted by molar-refractivity contribution is 0.499. The summed E-state index contributed by atoms with van der Waals surface area (Å²) in [6.07, 6.45) is 13.6. The van der Waals surface area contributed by atoms with E-state index in [1.54, 1.807) is 26.0 Å². The monoisotopic (exact) mass is 500 g/mol. The maximum atomic E-state index is 13.8. The normalized spacial score (nSPS) is 22.2. The molecule has 0 spiro atoms. The molecule has 0 radical (unpaired) electrons. The molecule has 182 valence electrons. The molecular formula is C24H41N2O3PS2. The van der Waals surface area contributed by atoms with Crippen molar-refractivity contribution < 1.29 is 12.6 Å². The molecule has 0 saturated carbocycles. The van der Waals surface area contributed by atoms with E-state index < -0.39 is 34.1 Å². The van der Waals surface area contributed by atoms with E-state index in [4.69, 9.17) is 4.74 Å². The molecule has 1 aliphatic rings. The van der Waals surface area contributed by atoms with Crippen molar-refractivity contribution in [2.75, 3.05) is 18.5 Å². The Morgan fingerprint density at radius 1 is 0.938 bits per heavy atom. The first-order valence-corrected chi connectivity index (χ1v) is 16.9. The number of hydrogen-bond donors (Lipinski definition) is 0. The van der Waals surface area contributed by atoms with E-state index in [1.165, 1.54) is 0 Å². The predicted octanol–water partition coefficient (Wildman–Crippen LogP) is 6.92. The minimum atomic E-state index is -3.95. The third kappa shape index (κ3) is 6.65. The van der Waals surface area contributed by atoms with Gasteiger partial charge in [0, 0.05) is 0 Å². The largest absolute Gasteiger partial charge is 0.266 e. The van der Waals surface area contributed by atoms with Crippen LogP contribution in [0.15, 0.2) is 46.1 Å². The molecule has 0 aromatic heterocycles. The van der Waals surface area contributed by atoms with Gasteiger partial charge in [-0.1, -0.05) is 64.3 Å². The Hall–Kier alpha value is -0.750. The van der Waals surface area contributed by atoms with E-state index in [-0.39, 0.29) is 10.1 Å². The molecule has 1 aromatic rings. The van der Waals surface area contributed by atoms with Crippen molar-refractivity contribution in [2.45, 2.75) is 89.3 Å². The first kappa shape index (κ1) is 27.5. The summed E-state index contributed by atoms with van der Waals surface area (Å²) >= 11 is 0. The van der Waals surface area contributed by atoms with Gasteiger partial charge in [-0.2, -0.15) is 0 Å². The van der Waals surface area contributed by atoms with Gasteiger partial charge < -0.3 is 0 Å². The van der Waals surface area contributed by atoms with Crippen LogP contribution in [0.4, 0.5) is 5.69 Å². The predicted molar refractivity (Wildman–Crippen MR) is 140 cm³/mol. The van der Waals surface area contributed by atoms with Crippen LogP contribution in [-0.4, -0.2) is 46.1 Å². The standard InChI is InChI=1S/C24H41N2O3PS2/c1-6-9-18-30(19-10-7-2,20-11-8-3)25-23-14-12-13-15-24(23)32(28,29)26-21(4)16-17-22(5)31(26)27/h12-17,21-22H,6-11,18-20H2,1-5H3. The molecule has 2 rings (SSSR count). The average molecular weight is 501 g/mol. The summed E-state index contributed by atoms with van der Waals surface area (Å²) in [6, 6.07) is 6.63. The molecule has 0 bridgehead atoms. The van der Waals surface area contributed by atoms with Crippen molar-refractivity contribution in [3.63, 3.8) is 0 Å². The topological polar surface area (TPSA) is 66.8 Å². The number of rotatable bonds is 12. The fourth-order valence-electron chi connectivity index (χ4n) is 4.02. The highest BCUT2D eigenvalue weighted by molar-refractivity contribution is 8.01. The Balaban J connectivity index is 2.64. The van der Waals surface area contributed by atoms with E-state index in [0.29, 0.717) is 5.69 Å². The van der Waals surface area contributed by atoms with Crippen LogP contribution < -0.4 is 0 Å². The zero-order valence-electron chi connectivity index (χ0n) is 20.4. The van der Waals surface area contributed by atoms with Gasteiger partial charge in [0.15, 0.2) is 0 Å². The third-order valence-electron chi connectivity index (χ3n) is 5.97. The molecule has 0 N–H and O–H groups in total. The van der Waals surface area contributed by atoms with E-state index in [0.717, 1.165) is 60.7 Å². The Morgan fingerprint density at radius 2 is 1.47 bits per heavy atom. The maximum absolute atomic E-state index is 13.8.